The lowest BCUT2D eigenvalue weighted by Crippen LogP contribution is -2.58. The summed E-state index contributed by atoms with van der Waals surface area (Å²) in [6.45, 7) is 7.84. The van der Waals surface area contributed by atoms with Gasteiger partial charge in [-0.15, -0.1) is 0 Å². The highest BCUT2D eigenvalue weighted by molar-refractivity contribution is 5.86. The van der Waals surface area contributed by atoms with Crippen molar-refractivity contribution in [2.75, 3.05) is 0 Å². The van der Waals surface area contributed by atoms with Crippen molar-refractivity contribution in [3.05, 3.63) is 35.9 Å². The Balaban J connectivity index is 3.03. The van der Waals surface area contributed by atoms with Crippen molar-refractivity contribution in [2.45, 2.75) is 71.0 Å². The van der Waals surface area contributed by atoms with E-state index < -0.39 is 47.9 Å². The van der Waals surface area contributed by atoms with Crippen LogP contribution in [0, 0.1) is 5.92 Å². The minimum Gasteiger partial charge on any atom is -0.444 e. The molecule has 0 saturated carbocycles. The number of rotatable bonds is 7. The van der Waals surface area contributed by atoms with Crippen LogP contribution in [0.25, 0.3) is 0 Å². The largest absolute Gasteiger partial charge is 0.444 e. The van der Waals surface area contributed by atoms with E-state index in [1.165, 1.54) is 13.8 Å². The summed E-state index contributed by atoms with van der Waals surface area (Å²) in [6.07, 6.45) is -8.45. The molecule has 0 unspecified atom stereocenters. The molecule has 0 fully saturated rings. The molecule has 1 rings (SSSR count). The van der Waals surface area contributed by atoms with E-state index in [0.717, 1.165) is 0 Å². The van der Waals surface area contributed by atoms with E-state index in [0.29, 0.717) is 5.56 Å². The van der Waals surface area contributed by atoms with Gasteiger partial charge in [0.25, 0.3) is 0 Å². The Labute approximate surface area is 168 Å². The second-order valence-electron chi connectivity index (χ2n) is 8.15. The summed E-state index contributed by atoms with van der Waals surface area (Å²) in [7, 11) is 0. The highest BCUT2D eigenvalue weighted by atomic mass is 19.4. The van der Waals surface area contributed by atoms with E-state index in [4.69, 9.17) is 4.74 Å². The van der Waals surface area contributed by atoms with Gasteiger partial charge < -0.3 is 20.5 Å². The molecule has 0 bridgehead atoms. The fourth-order valence-electron chi connectivity index (χ4n) is 2.59. The smallest absolute Gasteiger partial charge is 0.416 e. The number of hydrogen-bond donors (Lipinski definition) is 3. The minimum absolute atomic E-state index is 0.0405. The molecule has 1 aromatic carbocycles. The monoisotopic (exact) mass is 418 g/mol. The van der Waals surface area contributed by atoms with Crippen molar-refractivity contribution in [3.63, 3.8) is 0 Å². The highest BCUT2D eigenvalue weighted by Gasteiger charge is 2.45. The molecular weight excluding hydrogens is 389 g/mol. The number of benzene rings is 1. The first kappa shape index (κ1) is 24.7. The maximum Gasteiger partial charge on any atom is 0.416 e. The second kappa shape index (κ2) is 9.96. The van der Waals surface area contributed by atoms with Crippen molar-refractivity contribution >= 4 is 12.0 Å². The summed E-state index contributed by atoms with van der Waals surface area (Å²) >= 11 is 0. The molecular formula is C20H29F3N2O4. The molecule has 3 atom stereocenters. The number of carbonyl (C=O) groups is 2. The third-order valence-corrected chi connectivity index (χ3v) is 3.99. The summed E-state index contributed by atoms with van der Waals surface area (Å²) in [4.78, 5) is 24.9. The van der Waals surface area contributed by atoms with Gasteiger partial charge in [0.05, 0.1) is 6.04 Å². The van der Waals surface area contributed by atoms with Crippen molar-refractivity contribution in [1.29, 1.82) is 0 Å². The van der Waals surface area contributed by atoms with Crippen LogP contribution in [-0.2, 0) is 16.0 Å². The number of carbonyl (C=O) groups excluding carboxylic acids is 2. The summed E-state index contributed by atoms with van der Waals surface area (Å²) < 4.78 is 44.0. The van der Waals surface area contributed by atoms with Gasteiger partial charge in [-0.2, -0.15) is 13.2 Å². The van der Waals surface area contributed by atoms with Crippen LogP contribution in [0.2, 0.25) is 0 Å². The topological polar surface area (TPSA) is 87.7 Å². The molecule has 2 amide bonds. The number of aliphatic hydroxyl groups is 1. The lowest BCUT2D eigenvalue weighted by Gasteiger charge is -2.31. The zero-order valence-electron chi connectivity index (χ0n) is 17.2. The number of ether oxygens (including phenoxy) is 1. The van der Waals surface area contributed by atoms with Gasteiger partial charge in [-0.25, -0.2) is 4.79 Å². The van der Waals surface area contributed by atoms with Crippen LogP contribution in [0.5, 0.6) is 0 Å². The Bertz CT molecular complexity index is 673. The first-order chi connectivity index (χ1) is 13.2. The summed E-state index contributed by atoms with van der Waals surface area (Å²) in [6, 6.07) is 5.94. The lowest BCUT2D eigenvalue weighted by atomic mass is 9.97. The molecule has 0 saturated heterocycles. The van der Waals surface area contributed by atoms with Crippen LogP contribution in [-0.4, -0.2) is 47.1 Å². The standard InChI is InChI=1S/C20H29F3N2O4/c1-12(2)15(16(26)20(21,22)23)25-17(27)14(11-13-9-7-6-8-10-13)24-18(28)29-19(3,4)5/h6-10,12,14-16,26H,11H2,1-5H3,(H,24,28)(H,25,27)/t14-,15-,16-/m0/s1. The van der Waals surface area contributed by atoms with Gasteiger partial charge in [0, 0.05) is 6.42 Å². The van der Waals surface area contributed by atoms with Crippen LogP contribution >= 0.6 is 0 Å². The predicted octanol–water partition coefficient (Wildman–Crippen LogP) is 3.19. The molecule has 0 spiro atoms. The van der Waals surface area contributed by atoms with Crippen molar-refractivity contribution in [3.8, 4) is 0 Å². The van der Waals surface area contributed by atoms with Gasteiger partial charge in [-0.3, -0.25) is 4.79 Å². The van der Waals surface area contributed by atoms with E-state index in [2.05, 4.69) is 10.6 Å². The van der Waals surface area contributed by atoms with Gasteiger partial charge in [0.15, 0.2) is 6.10 Å². The van der Waals surface area contributed by atoms with E-state index in [1.807, 2.05) is 0 Å². The Morgan fingerprint density at radius 3 is 2.07 bits per heavy atom. The van der Waals surface area contributed by atoms with Crippen LogP contribution in [0.3, 0.4) is 0 Å². The van der Waals surface area contributed by atoms with Gasteiger partial charge >= 0.3 is 12.3 Å². The van der Waals surface area contributed by atoms with E-state index in [9.17, 15) is 27.9 Å². The normalized spacial score (nSPS) is 15.4. The number of alkyl carbamates (subject to hydrolysis) is 1. The predicted molar refractivity (Wildman–Crippen MR) is 102 cm³/mol. The van der Waals surface area contributed by atoms with Crippen LogP contribution in [0.1, 0.15) is 40.2 Å². The highest BCUT2D eigenvalue weighted by Crippen LogP contribution is 2.25. The van der Waals surface area contributed by atoms with Crippen molar-refractivity contribution < 1.29 is 32.6 Å². The molecule has 0 aliphatic rings. The molecule has 0 aromatic heterocycles. The Kier molecular flexibility index (Phi) is 8.50. The molecule has 0 aliphatic carbocycles. The van der Waals surface area contributed by atoms with Crippen molar-refractivity contribution in [1.82, 2.24) is 10.6 Å². The Morgan fingerprint density at radius 2 is 1.62 bits per heavy atom. The van der Waals surface area contributed by atoms with Crippen molar-refractivity contribution in [2.24, 2.45) is 5.92 Å². The number of aliphatic hydroxyl groups excluding tert-OH is 1. The van der Waals surface area contributed by atoms with E-state index in [-0.39, 0.29) is 6.42 Å². The molecule has 6 nitrogen and oxygen atoms in total. The lowest BCUT2D eigenvalue weighted by molar-refractivity contribution is -0.215. The maximum atomic E-state index is 13.0. The molecule has 0 aliphatic heterocycles. The van der Waals surface area contributed by atoms with Gasteiger partial charge in [-0.05, 0) is 32.3 Å². The molecule has 0 radical (unpaired) electrons. The van der Waals surface area contributed by atoms with E-state index in [1.54, 1.807) is 51.1 Å². The number of hydrogen-bond acceptors (Lipinski definition) is 4. The SMILES string of the molecule is CC(C)[C@H](NC(=O)[C@H](Cc1ccccc1)NC(=O)OC(C)(C)C)[C@H](O)C(F)(F)F. The number of alkyl halides is 3. The van der Waals surface area contributed by atoms with E-state index >= 15 is 0 Å². The zero-order valence-corrected chi connectivity index (χ0v) is 17.2. The number of amides is 2. The Morgan fingerprint density at radius 1 is 1.07 bits per heavy atom. The second-order valence-corrected chi connectivity index (χ2v) is 8.15. The first-order valence-electron chi connectivity index (χ1n) is 9.29. The van der Waals surface area contributed by atoms with Crippen LogP contribution < -0.4 is 10.6 Å². The van der Waals surface area contributed by atoms with Gasteiger partial charge in [-0.1, -0.05) is 44.2 Å². The third kappa shape index (κ3) is 8.72. The zero-order chi connectivity index (χ0) is 22.4. The van der Waals surface area contributed by atoms with Crippen LogP contribution in [0.15, 0.2) is 30.3 Å². The molecule has 0 heterocycles. The summed E-state index contributed by atoms with van der Waals surface area (Å²) in [5.74, 6) is -1.55. The third-order valence-electron chi connectivity index (χ3n) is 3.99. The molecule has 164 valence electrons. The Hall–Kier alpha value is -2.29. The molecule has 9 heteroatoms. The molecule has 1 aromatic rings. The van der Waals surface area contributed by atoms with Crippen LogP contribution in [0.4, 0.5) is 18.0 Å². The fourth-order valence-corrected chi connectivity index (χ4v) is 2.59. The number of nitrogens with one attached hydrogen (secondary N) is 2. The molecule has 29 heavy (non-hydrogen) atoms. The number of halogens is 3. The minimum atomic E-state index is -4.89. The van der Waals surface area contributed by atoms with Gasteiger partial charge in [0.1, 0.15) is 11.6 Å². The van der Waals surface area contributed by atoms with Gasteiger partial charge in [0.2, 0.25) is 5.91 Å². The fraction of sp³-hybridized carbons (Fsp3) is 0.600. The first-order valence-corrected chi connectivity index (χ1v) is 9.29. The average Bonchev–Trinajstić information content (AvgIpc) is 2.56. The molecule has 3 N–H and O–H groups in total. The summed E-state index contributed by atoms with van der Waals surface area (Å²) in [5, 5.41) is 14.3. The average molecular weight is 418 g/mol. The maximum absolute atomic E-state index is 13.0. The quantitative estimate of drug-likeness (QED) is 0.635. The summed E-state index contributed by atoms with van der Waals surface area (Å²) in [5.41, 5.74) is -0.119.